The number of aryl methyl sites for hydroxylation is 1. The van der Waals surface area contributed by atoms with E-state index in [-0.39, 0.29) is 6.61 Å². The highest BCUT2D eigenvalue weighted by molar-refractivity contribution is 6.31. The van der Waals surface area contributed by atoms with Gasteiger partial charge in [-0.2, -0.15) is 0 Å². The van der Waals surface area contributed by atoms with Crippen LogP contribution in [-0.2, 0) is 6.61 Å². The lowest BCUT2D eigenvalue weighted by Gasteiger charge is -2.11. The van der Waals surface area contributed by atoms with Gasteiger partial charge >= 0.3 is 0 Å². The summed E-state index contributed by atoms with van der Waals surface area (Å²) in [5.74, 6) is 1.07. The molecule has 0 aliphatic heterocycles. The average Bonchev–Trinajstić information content (AvgIpc) is 2.40. The van der Waals surface area contributed by atoms with Crippen LogP contribution in [0.4, 0.5) is 0 Å². The summed E-state index contributed by atoms with van der Waals surface area (Å²) >= 11 is 6.09. The van der Waals surface area contributed by atoms with Crippen LogP contribution in [0.2, 0.25) is 5.02 Å². The van der Waals surface area contributed by atoms with E-state index in [1.54, 1.807) is 36.7 Å². The Morgan fingerprint density at radius 3 is 2.79 bits per heavy atom. The van der Waals surface area contributed by atoms with Crippen molar-refractivity contribution in [3.8, 4) is 17.8 Å². The van der Waals surface area contributed by atoms with Gasteiger partial charge in [-0.05, 0) is 31.2 Å². The van der Waals surface area contributed by atoms with E-state index in [4.69, 9.17) is 26.3 Å². The Kier molecular flexibility index (Phi) is 4.22. The van der Waals surface area contributed by atoms with Gasteiger partial charge in [-0.1, -0.05) is 17.7 Å². The van der Waals surface area contributed by atoms with E-state index in [2.05, 4.69) is 4.98 Å². The van der Waals surface area contributed by atoms with Crippen LogP contribution in [0.3, 0.4) is 0 Å². The summed E-state index contributed by atoms with van der Waals surface area (Å²) in [6, 6.07) is 8.73. The Morgan fingerprint density at radius 1 is 1.26 bits per heavy atom. The smallest absolute Gasteiger partial charge is 0.292 e. The number of pyridine rings is 1. The Balaban J connectivity index is 2.20. The molecular formula is C14H11ClN2O2. The third-order valence-electron chi connectivity index (χ3n) is 2.56. The third-order valence-corrected chi connectivity index (χ3v) is 2.92. The fourth-order valence-corrected chi connectivity index (χ4v) is 1.82. The Labute approximate surface area is 116 Å². The van der Waals surface area contributed by atoms with Crippen LogP contribution >= 0.6 is 11.6 Å². The number of halogens is 1. The van der Waals surface area contributed by atoms with Gasteiger partial charge in [0.05, 0.1) is 16.3 Å². The first kappa shape index (κ1) is 13.2. The van der Waals surface area contributed by atoms with E-state index >= 15 is 0 Å². The molecule has 0 fully saturated rings. The van der Waals surface area contributed by atoms with E-state index < -0.39 is 0 Å². The first-order chi connectivity index (χ1) is 9.22. The zero-order valence-corrected chi connectivity index (χ0v) is 11.0. The average molecular weight is 275 g/mol. The minimum Gasteiger partial charge on any atom is -0.487 e. The maximum atomic E-state index is 8.60. The Hall–Kier alpha value is -2.25. The predicted octanol–water partition coefficient (Wildman–Crippen LogP) is 3.48. The molecule has 1 heterocycles. The quantitative estimate of drug-likeness (QED) is 0.801. The molecule has 0 radical (unpaired) electrons. The molecule has 96 valence electrons. The number of nitriles is 1. The molecule has 0 atom stereocenters. The topological polar surface area (TPSA) is 55.1 Å². The highest BCUT2D eigenvalue weighted by atomic mass is 35.5. The third kappa shape index (κ3) is 3.15. The van der Waals surface area contributed by atoms with Crippen LogP contribution < -0.4 is 9.47 Å². The molecule has 0 amide bonds. The molecule has 0 spiro atoms. The molecule has 19 heavy (non-hydrogen) atoms. The van der Waals surface area contributed by atoms with Crippen molar-refractivity contribution in [2.75, 3.05) is 0 Å². The second-order valence-electron chi connectivity index (χ2n) is 3.79. The molecule has 0 unspecified atom stereocenters. The minimum absolute atomic E-state index is 0.212. The molecule has 0 saturated heterocycles. The molecule has 5 heteroatoms. The largest absolute Gasteiger partial charge is 0.487 e. The van der Waals surface area contributed by atoms with E-state index in [0.717, 1.165) is 5.69 Å². The van der Waals surface area contributed by atoms with Crippen LogP contribution in [0.5, 0.6) is 11.5 Å². The second kappa shape index (κ2) is 6.07. The number of rotatable bonds is 4. The summed E-state index contributed by atoms with van der Waals surface area (Å²) in [7, 11) is 0. The molecule has 0 saturated carbocycles. The molecule has 1 aromatic heterocycles. The molecule has 0 N–H and O–H groups in total. The van der Waals surface area contributed by atoms with Crippen molar-refractivity contribution in [2.45, 2.75) is 13.5 Å². The van der Waals surface area contributed by atoms with Crippen LogP contribution in [0, 0.1) is 18.4 Å². The molecular weight excluding hydrogens is 264 g/mol. The van der Waals surface area contributed by atoms with Crippen molar-refractivity contribution < 1.29 is 9.47 Å². The first-order valence-electron chi connectivity index (χ1n) is 5.60. The van der Waals surface area contributed by atoms with Crippen molar-refractivity contribution in [2.24, 2.45) is 0 Å². The second-order valence-corrected chi connectivity index (χ2v) is 4.19. The van der Waals surface area contributed by atoms with Crippen molar-refractivity contribution in [3.05, 3.63) is 52.8 Å². The maximum absolute atomic E-state index is 8.60. The van der Waals surface area contributed by atoms with Crippen LogP contribution in [-0.4, -0.2) is 4.98 Å². The summed E-state index contributed by atoms with van der Waals surface area (Å²) in [6.45, 7) is 2.07. The molecule has 0 aliphatic rings. The van der Waals surface area contributed by atoms with E-state index in [1.807, 2.05) is 13.0 Å². The van der Waals surface area contributed by atoms with Crippen LogP contribution in [0.15, 0.2) is 36.5 Å². The Bertz CT molecular complexity index is 623. The predicted molar refractivity (Wildman–Crippen MR) is 71.0 cm³/mol. The van der Waals surface area contributed by atoms with Gasteiger partial charge < -0.3 is 9.47 Å². The lowest BCUT2D eigenvalue weighted by atomic mass is 10.2. The summed E-state index contributed by atoms with van der Waals surface area (Å²) in [6.07, 6.45) is 3.33. The van der Waals surface area contributed by atoms with Gasteiger partial charge in [0, 0.05) is 6.20 Å². The molecule has 2 rings (SSSR count). The highest BCUT2D eigenvalue weighted by Crippen LogP contribution is 2.28. The molecule has 4 nitrogen and oxygen atoms in total. The highest BCUT2D eigenvalue weighted by Gasteiger charge is 2.10. The number of benzene rings is 1. The van der Waals surface area contributed by atoms with Crippen molar-refractivity contribution >= 4 is 11.6 Å². The van der Waals surface area contributed by atoms with Gasteiger partial charge in [-0.25, -0.2) is 0 Å². The lowest BCUT2D eigenvalue weighted by Crippen LogP contribution is -2.01. The molecule has 0 aliphatic carbocycles. The van der Waals surface area contributed by atoms with E-state index in [9.17, 15) is 0 Å². The summed E-state index contributed by atoms with van der Waals surface area (Å²) in [4.78, 5) is 4.13. The fourth-order valence-electron chi connectivity index (χ4n) is 1.60. The lowest BCUT2D eigenvalue weighted by molar-refractivity contribution is 0.297. The number of hydrogen-bond donors (Lipinski definition) is 0. The monoisotopic (exact) mass is 274 g/mol. The summed E-state index contributed by atoms with van der Waals surface area (Å²) in [5, 5.41) is 9.09. The number of hydrogen-bond acceptors (Lipinski definition) is 4. The van der Waals surface area contributed by atoms with Gasteiger partial charge in [0.15, 0.2) is 0 Å². The zero-order chi connectivity index (χ0) is 13.7. The van der Waals surface area contributed by atoms with Gasteiger partial charge in [-0.15, -0.1) is 5.26 Å². The standard InChI is InChI=1S/C14H11ClN2O2/c1-10-13(6-3-7-17-10)18-8-11-12(15)4-2-5-14(11)19-9-16/h2-7H,8H2,1H3. The van der Waals surface area contributed by atoms with Gasteiger partial charge in [0.25, 0.3) is 6.26 Å². The Morgan fingerprint density at radius 2 is 2.05 bits per heavy atom. The van der Waals surface area contributed by atoms with Gasteiger partial charge in [0.1, 0.15) is 18.1 Å². The minimum atomic E-state index is 0.212. The number of ether oxygens (including phenoxy) is 2. The first-order valence-corrected chi connectivity index (χ1v) is 5.98. The van der Waals surface area contributed by atoms with E-state index in [0.29, 0.717) is 22.1 Å². The van der Waals surface area contributed by atoms with Crippen molar-refractivity contribution in [1.82, 2.24) is 4.98 Å². The summed E-state index contributed by atoms with van der Waals surface area (Å²) < 4.78 is 10.5. The van der Waals surface area contributed by atoms with Crippen molar-refractivity contribution in [3.63, 3.8) is 0 Å². The maximum Gasteiger partial charge on any atom is 0.292 e. The number of nitrogens with zero attached hydrogens (tertiary/aromatic N) is 2. The van der Waals surface area contributed by atoms with Crippen molar-refractivity contribution in [1.29, 1.82) is 5.26 Å². The van der Waals surface area contributed by atoms with Gasteiger partial charge in [0.2, 0.25) is 0 Å². The van der Waals surface area contributed by atoms with E-state index in [1.165, 1.54) is 0 Å². The normalized spacial score (nSPS) is 9.74. The molecule has 0 bridgehead atoms. The number of aromatic nitrogens is 1. The SMILES string of the molecule is Cc1ncccc1OCc1c(Cl)cccc1OC#N. The molecule has 2 aromatic rings. The zero-order valence-electron chi connectivity index (χ0n) is 10.3. The fraction of sp³-hybridized carbons (Fsp3) is 0.143. The summed E-state index contributed by atoms with van der Waals surface area (Å²) in [5.41, 5.74) is 1.42. The van der Waals surface area contributed by atoms with Crippen LogP contribution in [0.25, 0.3) is 0 Å². The van der Waals surface area contributed by atoms with Crippen LogP contribution in [0.1, 0.15) is 11.3 Å². The van der Waals surface area contributed by atoms with Gasteiger partial charge in [-0.3, -0.25) is 4.98 Å². The molecule has 1 aromatic carbocycles.